The molecule has 0 saturated heterocycles. The van der Waals surface area contributed by atoms with Gasteiger partial charge in [-0.15, -0.1) is 0 Å². The Bertz CT molecular complexity index is 1940. The van der Waals surface area contributed by atoms with Crippen molar-refractivity contribution in [2.75, 3.05) is 52.5 Å². The number of hydrogen-bond donors (Lipinski definition) is 0. The number of hydrogen-bond acceptors (Lipinski definition) is 2. The first-order chi connectivity index (χ1) is 25.3. The first-order valence-electron chi connectivity index (χ1n) is 18.8. The quantitative estimate of drug-likeness (QED) is 0.104. The highest BCUT2D eigenvalue weighted by Crippen LogP contribution is 2.46. The third-order valence-corrected chi connectivity index (χ3v) is 12.2. The maximum absolute atomic E-state index is 6.92. The van der Waals surface area contributed by atoms with Gasteiger partial charge in [-0.1, -0.05) is 117 Å². The van der Waals surface area contributed by atoms with Crippen LogP contribution in [0.25, 0.3) is 32.7 Å². The molecule has 0 spiro atoms. The molecule has 0 aliphatic carbocycles. The van der Waals surface area contributed by atoms with Gasteiger partial charge < -0.3 is 43.3 Å². The smallest absolute Gasteiger partial charge is 0.137 e. The molecule has 0 bridgehead atoms. The van der Waals surface area contributed by atoms with Gasteiger partial charge in [0.2, 0.25) is 0 Å². The van der Waals surface area contributed by atoms with Gasteiger partial charge in [0.15, 0.2) is 0 Å². The molecule has 286 valence electrons. The van der Waals surface area contributed by atoms with Crippen LogP contribution in [-0.4, -0.2) is 61.4 Å². The van der Waals surface area contributed by atoms with Crippen LogP contribution < -0.4 is 34.3 Å². The van der Waals surface area contributed by atoms with Gasteiger partial charge in [-0.05, 0) is 85.6 Å². The molecule has 6 aromatic rings. The molecule has 0 radical (unpaired) electrons. The van der Waals surface area contributed by atoms with E-state index in [1.807, 2.05) is 0 Å². The summed E-state index contributed by atoms with van der Waals surface area (Å²) >= 11 is 7.45. The zero-order valence-electron chi connectivity index (χ0n) is 31.8. The predicted molar refractivity (Wildman–Crippen MR) is 226 cm³/mol. The molecule has 54 heavy (non-hydrogen) atoms. The summed E-state index contributed by atoms with van der Waals surface area (Å²) in [5.41, 5.74) is 4.89. The van der Waals surface area contributed by atoms with E-state index in [1.165, 1.54) is 11.1 Å². The van der Waals surface area contributed by atoms with Gasteiger partial charge in [-0.25, -0.2) is 0 Å². The normalized spacial score (nSPS) is 11.6. The Morgan fingerprint density at radius 2 is 0.833 bits per heavy atom. The van der Waals surface area contributed by atoms with E-state index < -0.39 is 0 Å². The van der Waals surface area contributed by atoms with Crippen molar-refractivity contribution in [3.63, 3.8) is 0 Å². The Kier molecular flexibility index (Phi) is 16.3. The molecule has 0 atom stereocenters. The number of fused-ring (bicyclic) bond motifs is 2. The number of likely N-dealkylation sites (N-methyl/N-ethyl adjacent to an activating group) is 2. The number of nitrogens with zero attached hydrogens (tertiary/aromatic N) is 2. The van der Waals surface area contributed by atoms with Crippen LogP contribution in [0.3, 0.4) is 0 Å². The van der Waals surface area contributed by atoms with Crippen LogP contribution >= 0.6 is 31.9 Å². The van der Waals surface area contributed by atoms with Crippen molar-refractivity contribution in [1.29, 1.82) is 0 Å². The van der Waals surface area contributed by atoms with Crippen LogP contribution in [-0.2, 0) is 13.1 Å². The fourth-order valence-corrected chi connectivity index (χ4v) is 8.40. The molecule has 0 aliphatic rings. The Morgan fingerprint density at radius 1 is 0.463 bits per heavy atom. The standard InChI is InChI=1S/C46H52Br2N2O2.2ClH/c1-5-49(6-2,33-35-15-11-9-12-16-35)27-29-51-43-25-19-37-31-39(47)21-23-41(37)45(43)46-42-24-22-40(48)32-38(42)20-26-44(46)52-30-28-50(7-3,8-4)34-36-17-13-10-14-18-36;;/h9-26,31-32H,5-8,27-30,33-34H2,1-4H3;2*1H/q+2;;/p-2. The van der Waals surface area contributed by atoms with E-state index in [2.05, 4.69) is 181 Å². The molecule has 0 heterocycles. The summed E-state index contributed by atoms with van der Waals surface area (Å²) in [4.78, 5) is 0. The summed E-state index contributed by atoms with van der Waals surface area (Å²) in [5.74, 6) is 1.77. The largest absolute Gasteiger partial charge is 1.00 e. The van der Waals surface area contributed by atoms with Crippen LogP contribution in [0.4, 0.5) is 0 Å². The number of quaternary nitrogens is 2. The van der Waals surface area contributed by atoms with Gasteiger partial charge in [0.1, 0.15) is 50.9 Å². The summed E-state index contributed by atoms with van der Waals surface area (Å²) in [6, 6.07) is 43.5. The minimum absolute atomic E-state index is 0. The molecule has 0 aliphatic heterocycles. The average molecular weight is 896 g/mol. The Morgan fingerprint density at radius 3 is 1.19 bits per heavy atom. The molecule has 0 aromatic heterocycles. The van der Waals surface area contributed by atoms with E-state index in [-0.39, 0.29) is 24.8 Å². The monoisotopic (exact) mass is 892 g/mol. The maximum atomic E-state index is 6.92. The zero-order chi connectivity index (χ0) is 36.6. The van der Waals surface area contributed by atoms with E-state index in [1.54, 1.807) is 0 Å². The fraction of sp³-hybridized carbons (Fsp3) is 0.304. The number of rotatable bonds is 17. The second kappa shape index (κ2) is 20.2. The van der Waals surface area contributed by atoms with E-state index in [4.69, 9.17) is 9.47 Å². The number of ether oxygens (including phenoxy) is 2. The third-order valence-electron chi connectivity index (χ3n) is 11.2. The van der Waals surface area contributed by atoms with Gasteiger partial charge in [0.05, 0.1) is 26.2 Å². The van der Waals surface area contributed by atoms with E-state index in [0.717, 1.165) is 114 Å². The lowest BCUT2D eigenvalue weighted by Gasteiger charge is -2.37. The Hall–Kier alpha value is -3.10. The first-order valence-corrected chi connectivity index (χ1v) is 20.4. The van der Waals surface area contributed by atoms with Crippen LogP contribution in [0.5, 0.6) is 11.5 Å². The summed E-state index contributed by atoms with van der Waals surface area (Å²) in [6.45, 7) is 18.4. The Balaban J connectivity index is 0.00000325. The lowest BCUT2D eigenvalue weighted by atomic mass is 9.92. The van der Waals surface area contributed by atoms with Crippen molar-refractivity contribution >= 4 is 53.4 Å². The molecule has 0 fully saturated rings. The second-order valence-corrected chi connectivity index (χ2v) is 15.8. The summed E-state index contributed by atoms with van der Waals surface area (Å²) < 4.78 is 17.9. The SMILES string of the molecule is CC[N+](CC)(CCOc1ccc2cc(Br)ccc2c1-c1c(OCC[N+](CC)(CC)Cc2ccccc2)ccc2cc(Br)ccc12)Cc1ccccc1.[Cl-].[Cl-]. The highest BCUT2D eigenvalue weighted by atomic mass is 79.9. The molecule has 6 rings (SSSR count). The van der Waals surface area contributed by atoms with Crippen molar-refractivity contribution in [2.45, 2.75) is 40.8 Å². The number of benzene rings is 6. The van der Waals surface area contributed by atoms with E-state index in [0.29, 0.717) is 13.2 Å². The zero-order valence-corrected chi connectivity index (χ0v) is 36.5. The lowest BCUT2D eigenvalue weighted by molar-refractivity contribution is -0.937. The summed E-state index contributed by atoms with van der Waals surface area (Å²) in [5, 5.41) is 4.61. The van der Waals surface area contributed by atoms with Gasteiger partial charge in [-0.3, -0.25) is 0 Å². The van der Waals surface area contributed by atoms with Crippen molar-refractivity contribution in [1.82, 2.24) is 0 Å². The second-order valence-electron chi connectivity index (χ2n) is 14.0. The molecule has 8 heteroatoms. The minimum atomic E-state index is 0. The number of halogens is 4. The van der Waals surface area contributed by atoms with Crippen LogP contribution in [0.1, 0.15) is 38.8 Å². The van der Waals surface area contributed by atoms with E-state index in [9.17, 15) is 0 Å². The average Bonchev–Trinajstić information content (AvgIpc) is 3.17. The van der Waals surface area contributed by atoms with Crippen molar-refractivity contribution < 1.29 is 43.3 Å². The molecule has 0 N–H and O–H groups in total. The van der Waals surface area contributed by atoms with Crippen molar-refractivity contribution in [3.8, 4) is 22.6 Å². The topological polar surface area (TPSA) is 18.5 Å². The van der Waals surface area contributed by atoms with Gasteiger partial charge in [0, 0.05) is 31.2 Å². The Labute approximate surface area is 351 Å². The first kappa shape index (κ1) is 43.6. The van der Waals surface area contributed by atoms with Gasteiger partial charge >= 0.3 is 0 Å². The van der Waals surface area contributed by atoms with Gasteiger partial charge in [-0.2, -0.15) is 0 Å². The molecule has 4 nitrogen and oxygen atoms in total. The molecule has 6 aromatic carbocycles. The molecule has 0 amide bonds. The fourth-order valence-electron chi connectivity index (χ4n) is 7.64. The van der Waals surface area contributed by atoms with Gasteiger partial charge in [0.25, 0.3) is 0 Å². The van der Waals surface area contributed by atoms with Crippen molar-refractivity contribution in [2.24, 2.45) is 0 Å². The minimum Gasteiger partial charge on any atom is -1.00 e. The van der Waals surface area contributed by atoms with Crippen LogP contribution in [0, 0.1) is 0 Å². The highest BCUT2D eigenvalue weighted by Gasteiger charge is 2.27. The highest BCUT2D eigenvalue weighted by molar-refractivity contribution is 9.10. The van der Waals surface area contributed by atoms with Crippen LogP contribution in [0.15, 0.2) is 130 Å². The third kappa shape index (κ3) is 10.2. The van der Waals surface area contributed by atoms with E-state index >= 15 is 0 Å². The molecular weight excluding hydrogens is 843 g/mol. The predicted octanol–water partition coefficient (Wildman–Crippen LogP) is 6.06. The van der Waals surface area contributed by atoms with Crippen LogP contribution in [0.2, 0.25) is 0 Å². The summed E-state index contributed by atoms with van der Waals surface area (Å²) in [6.07, 6.45) is 0. The van der Waals surface area contributed by atoms with Crippen molar-refractivity contribution in [3.05, 3.63) is 141 Å². The molecular formula is C46H52Br2Cl2N2O2. The maximum Gasteiger partial charge on any atom is 0.137 e. The molecule has 0 unspecified atom stereocenters. The molecule has 0 saturated carbocycles. The lowest BCUT2D eigenvalue weighted by Crippen LogP contribution is -3.00. The summed E-state index contributed by atoms with van der Waals surface area (Å²) in [7, 11) is 0.